The van der Waals surface area contributed by atoms with Crippen molar-refractivity contribution >= 4 is 6.03 Å². The average Bonchev–Trinajstić information content (AvgIpc) is 3.22. The fourth-order valence-corrected chi connectivity index (χ4v) is 2.96. The number of carbonyl (C=O) groups excluding carboxylic acids is 1. The predicted molar refractivity (Wildman–Crippen MR) is 78.2 cm³/mol. The van der Waals surface area contributed by atoms with E-state index in [4.69, 9.17) is 0 Å². The number of piperidine rings is 1. The fraction of sp³-hybridized carbons (Fsp3) is 0.933. The van der Waals surface area contributed by atoms with E-state index < -0.39 is 0 Å². The van der Waals surface area contributed by atoms with Crippen molar-refractivity contribution in [2.75, 3.05) is 27.2 Å². The number of nitrogens with zero attached hydrogens (tertiary/aromatic N) is 2. The molecule has 1 heterocycles. The summed E-state index contributed by atoms with van der Waals surface area (Å²) in [4.78, 5) is 15.5. The lowest BCUT2D eigenvalue weighted by atomic mass is 10.0. The van der Waals surface area contributed by atoms with Gasteiger partial charge in [0.15, 0.2) is 0 Å². The van der Waals surface area contributed by atoms with Gasteiger partial charge in [-0.2, -0.15) is 0 Å². The van der Waals surface area contributed by atoms with E-state index in [2.05, 4.69) is 12.2 Å². The number of hydrogen-bond acceptors (Lipinski definition) is 2. The number of urea groups is 1. The van der Waals surface area contributed by atoms with E-state index in [0.717, 1.165) is 31.8 Å². The fourth-order valence-electron chi connectivity index (χ4n) is 2.96. The van der Waals surface area contributed by atoms with Gasteiger partial charge in [0.2, 0.25) is 0 Å². The molecule has 0 aromatic heterocycles. The molecule has 0 radical (unpaired) electrons. The first-order valence-corrected chi connectivity index (χ1v) is 7.82. The summed E-state index contributed by atoms with van der Waals surface area (Å²) in [7, 11) is 3.66. The Balaban J connectivity index is 1.71. The number of nitrogens with one attached hydrogen (secondary N) is 1. The smallest absolute Gasteiger partial charge is 0.319 e. The zero-order valence-corrected chi connectivity index (χ0v) is 12.7. The van der Waals surface area contributed by atoms with E-state index >= 15 is 0 Å². The summed E-state index contributed by atoms with van der Waals surface area (Å²) in [6, 6.07) is 1.45. The molecule has 1 aliphatic carbocycles. The first-order valence-electron chi connectivity index (χ1n) is 7.82. The van der Waals surface area contributed by atoms with Crippen molar-refractivity contribution < 1.29 is 4.79 Å². The minimum absolute atomic E-state index is 0.156. The molecule has 1 N–H and O–H groups in total. The summed E-state index contributed by atoms with van der Waals surface area (Å²) in [5.41, 5.74) is 0. The standard InChI is InChI=1S/C15H29N3O/c1-4-13(11-12-5-6-12)16-14-7-9-18(10-8-14)15(19)17(2)3/h12-14,16H,4-11H2,1-3H3. The average molecular weight is 267 g/mol. The lowest BCUT2D eigenvalue weighted by Crippen LogP contribution is -2.50. The van der Waals surface area contributed by atoms with E-state index in [1.807, 2.05) is 19.0 Å². The monoisotopic (exact) mass is 267 g/mol. The Hall–Kier alpha value is -0.770. The van der Waals surface area contributed by atoms with Gasteiger partial charge in [-0.3, -0.25) is 0 Å². The number of likely N-dealkylation sites (tertiary alicyclic amines) is 1. The molecule has 1 atom stereocenters. The highest BCUT2D eigenvalue weighted by Crippen LogP contribution is 2.34. The van der Waals surface area contributed by atoms with Crippen LogP contribution in [-0.2, 0) is 0 Å². The maximum atomic E-state index is 11.9. The van der Waals surface area contributed by atoms with Gasteiger partial charge >= 0.3 is 6.03 Å². The SMILES string of the molecule is CCC(CC1CC1)NC1CCN(C(=O)N(C)C)CC1. The van der Waals surface area contributed by atoms with E-state index in [-0.39, 0.29) is 6.03 Å². The Morgan fingerprint density at radius 3 is 2.37 bits per heavy atom. The highest BCUT2D eigenvalue weighted by Gasteiger charge is 2.28. The highest BCUT2D eigenvalue weighted by molar-refractivity contribution is 5.73. The predicted octanol–water partition coefficient (Wildman–Crippen LogP) is 2.30. The summed E-state index contributed by atoms with van der Waals surface area (Å²) in [5.74, 6) is 0.993. The van der Waals surface area contributed by atoms with Crippen LogP contribution >= 0.6 is 0 Å². The maximum absolute atomic E-state index is 11.9. The summed E-state index contributed by atoms with van der Waals surface area (Å²) < 4.78 is 0. The van der Waals surface area contributed by atoms with Crippen LogP contribution in [0.4, 0.5) is 4.79 Å². The van der Waals surface area contributed by atoms with E-state index in [9.17, 15) is 4.79 Å². The number of carbonyl (C=O) groups is 1. The van der Waals surface area contributed by atoms with E-state index in [0.29, 0.717) is 12.1 Å². The summed E-state index contributed by atoms with van der Waals surface area (Å²) in [6.45, 7) is 4.08. The van der Waals surface area contributed by atoms with Crippen LogP contribution in [0.15, 0.2) is 0 Å². The van der Waals surface area contributed by atoms with Gasteiger partial charge in [-0.05, 0) is 31.6 Å². The second-order valence-electron chi connectivity index (χ2n) is 6.39. The van der Waals surface area contributed by atoms with Crippen LogP contribution in [0.5, 0.6) is 0 Å². The normalized spacial score (nSPS) is 22.4. The van der Waals surface area contributed by atoms with Crippen LogP contribution in [0.1, 0.15) is 45.4 Å². The van der Waals surface area contributed by atoms with Crippen molar-refractivity contribution in [2.45, 2.75) is 57.5 Å². The van der Waals surface area contributed by atoms with Crippen LogP contribution in [0, 0.1) is 5.92 Å². The molecule has 2 fully saturated rings. The third kappa shape index (κ3) is 4.37. The summed E-state index contributed by atoms with van der Waals surface area (Å²) in [5, 5.41) is 3.81. The molecule has 19 heavy (non-hydrogen) atoms. The lowest BCUT2D eigenvalue weighted by molar-refractivity contribution is 0.150. The molecule has 0 aromatic carbocycles. The second-order valence-corrected chi connectivity index (χ2v) is 6.39. The van der Waals surface area contributed by atoms with Crippen molar-refractivity contribution in [2.24, 2.45) is 5.92 Å². The molecule has 2 aliphatic rings. The van der Waals surface area contributed by atoms with Gasteiger partial charge in [0.25, 0.3) is 0 Å². The van der Waals surface area contributed by atoms with Crippen LogP contribution < -0.4 is 5.32 Å². The van der Waals surface area contributed by atoms with Crippen molar-refractivity contribution in [3.05, 3.63) is 0 Å². The molecule has 4 nitrogen and oxygen atoms in total. The molecule has 4 heteroatoms. The molecule has 1 saturated carbocycles. The lowest BCUT2D eigenvalue weighted by Gasteiger charge is -2.35. The Morgan fingerprint density at radius 1 is 1.26 bits per heavy atom. The van der Waals surface area contributed by atoms with Crippen LogP contribution in [0.3, 0.4) is 0 Å². The molecule has 2 amide bonds. The first-order chi connectivity index (χ1) is 9.10. The second kappa shape index (κ2) is 6.60. The van der Waals surface area contributed by atoms with Crippen LogP contribution in [0.25, 0.3) is 0 Å². The molecule has 110 valence electrons. The Labute approximate surface area is 117 Å². The number of amides is 2. The van der Waals surface area contributed by atoms with Crippen molar-refractivity contribution in [1.29, 1.82) is 0 Å². The molecule has 1 unspecified atom stereocenters. The molecule has 2 rings (SSSR count). The van der Waals surface area contributed by atoms with Gasteiger partial charge in [0.05, 0.1) is 0 Å². The van der Waals surface area contributed by atoms with E-state index in [1.165, 1.54) is 25.7 Å². The molecular weight excluding hydrogens is 238 g/mol. The van der Waals surface area contributed by atoms with Crippen LogP contribution in [0.2, 0.25) is 0 Å². The maximum Gasteiger partial charge on any atom is 0.319 e. The molecule has 1 aliphatic heterocycles. The minimum atomic E-state index is 0.156. The molecule has 0 aromatic rings. The largest absolute Gasteiger partial charge is 0.331 e. The number of rotatable bonds is 5. The van der Waals surface area contributed by atoms with Gasteiger partial charge in [-0.15, -0.1) is 0 Å². The van der Waals surface area contributed by atoms with Crippen molar-refractivity contribution in [1.82, 2.24) is 15.1 Å². The van der Waals surface area contributed by atoms with Gasteiger partial charge in [0, 0.05) is 39.3 Å². The number of hydrogen-bond donors (Lipinski definition) is 1. The first kappa shape index (κ1) is 14.6. The molecule has 0 spiro atoms. The quantitative estimate of drug-likeness (QED) is 0.829. The third-order valence-corrected chi connectivity index (χ3v) is 4.43. The van der Waals surface area contributed by atoms with Crippen molar-refractivity contribution in [3.63, 3.8) is 0 Å². The molecule has 0 bridgehead atoms. The van der Waals surface area contributed by atoms with E-state index in [1.54, 1.807) is 4.90 Å². The zero-order chi connectivity index (χ0) is 13.8. The molecular formula is C15H29N3O. The third-order valence-electron chi connectivity index (χ3n) is 4.43. The van der Waals surface area contributed by atoms with Crippen LogP contribution in [-0.4, -0.2) is 55.1 Å². The van der Waals surface area contributed by atoms with Crippen molar-refractivity contribution in [3.8, 4) is 0 Å². The van der Waals surface area contributed by atoms with Gasteiger partial charge < -0.3 is 15.1 Å². The van der Waals surface area contributed by atoms with Gasteiger partial charge in [-0.1, -0.05) is 19.8 Å². The Bertz CT molecular complexity index is 294. The molecule has 1 saturated heterocycles. The van der Waals surface area contributed by atoms with Gasteiger partial charge in [-0.25, -0.2) is 4.79 Å². The summed E-state index contributed by atoms with van der Waals surface area (Å²) >= 11 is 0. The van der Waals surface area contributed by atoms with Gasteiger partial charge in [0.1, 0.15) is 0 Å². The summed E-state index contributed by atoms with van der Waals surface area (Å²) in [6.07, 6.45) is 7.66. The minimum Gasteiger partial charge on any atom is -0.331 e. The highest BCUT2D eigenvalue weighted by atomic mass is 16.2. The zero-order valence-electron chi connectivity index (χ0n) is 12.7. The topological polar surface area (TPSA) is 35.6 Å². The Kier molecular flexibility index (Phi) is 5.08. The Morgan fingerprint density at radius 2 is 1.89 bits per heavy atom.